The van der Waals surface area contributed by atoms with E-state index < -0.39 is 0 Å². The number of nitrogens with zero attached hydrogens (tertiary/aromatic N) is 2. The van der Waals surface area contributed by atoms with Gasteiger partial charge in [-0.2, -0.15) is 0 Å². The van der Waals surface area contributed by atoms with Crippen LogP contribution in [-0.4, -0.2) is 24.1 Å². The van der Waals surface area contributed by atoms with Crippen molar-refractivity contribution in [1.29, 1.82) is 0 Å². The third kappa shape index (κ3) is 6.47. The van der Waals surface area contributed by atoms with Crippen LogP contribution in [0.25, 0.3) is 0 Å². The van der Waals surface area contributed by atoms with Gasteiger partial charge in [-0.15, -0.1) is 0 Å². The summed E-state index contributed by atoms with van der Waals surface area (Å²) < 4.78 is 0. The molecule has 0 aliphatic carbocycles. The van der Waals surface area contributed by atoms with Gasteiger partial charge in [0.2, 0.25) is 0 Å². The van der Waals surface area contributed by atoms with E-state index in [-0.39, 0.29) is 0 Å². The highest BCUT2D eigenvalue weighted by molar-refractivity contribution is 5.43. The van der Waals surface area contributed by atoms with Crippen LogP contribution in [0.1, 0.15) is 65.1 Å². The molecule has 3 heteroatoms. The quantitative estimate of drug-likeness (QED) is 0.701. The minimum Gasteiger partial charge on any atom is -0.357 e. The van der Waals surface area contributed by atoms with Crippen LogP contribution in [0.4, 0.5) is 5.82 Å². The Labute approximate surface area is 131 Å². The molecule has 0 bridgehead atoms. The summed E-state index contributed by atoms with van der Waals surface area (Å²) in [6.45, 7) is 14.2. The van der Waals surface area contributed by atoms with Gasteiger partial charge in [0.05, 0.1) is 0 Å². The topological polar surface area (TPSA) is 28.2 Å². The molecule has 3 nitrogen and oxygen atoms in total. The first-order valence-corrected chi connectivity index (χ1v) is 8.58. The van der Waals surface area contributed by atoms with Crippen molar-refractivity contribution in [2.24, 2.45) is 0 Å². The van der Waals surface area contributed by atoms with Crippen LogP contribution in [0, 0.1) is 0 Å². The van der Waals surface area contributed by atoms with Crippen LogP contribution in [-0.2, 0) is 13.0 Å². The molecule has 0 unspecified atom stereocenters. The van der Waals surface area contributed by atoms with Gasteiger partial charge in [-0.1, -0.05) is 41.0 Å². The molecule has 1 aromatic heterocycles. The molecule has 1 N–H and O–H groups in total. The maximum atomic E-state index is 4.89. The molecule has 0 radical (unpaired) electrons. The molecule has 0 saturated carbocycles. The molecule has 21 heavy (non-hydrogen) atoms. The number of rotatable bonds is 10. The maximum absolute atomic E-state index is 4.89. The number of pyridine rings is 1. The molecular formula is C18H33N3. The van der Waals surface area contributed by atoms with E-state index in [2.05, 4.69) is 57.0 Å². The van der Waals surface area contributed by atoms with E-state index in [1.54, 1.807) is 0 Å². The Bertz CT molecular complexity index is 395. The van der Waals surface area contributed by atoms with Crippen molar-refractivity contribution >= 4 is 5.82 Å². The molecule has 0 saturated heterocycles. The van der Waals surface area contributed by atoms with Crippen LogP contribution in [0.2, 0.25) is 0 Å². The first-order valence-electron chi connectivity index (χ1n) is 8.58. The second-order valence-corrected chi connectivity index (χ2v) is 6.10. The van der Waals surface area contributed by atoms with Gasteiger partial charge in [0.15, 0.2) is 0 Å². The lowest BCUT2D eigenvalue weighted by Crippen LogP contribution is -2.27. The van der Waals surface area contributed by atoms with Crippen molar-refractivity contribution in [3.63, 3.8) is 0 Å². The Morgan fingerprint density at radius 1 is 1.05 bits per heavy atom. The summed E-state index contributed by atoms with van der Waals surface area (Å²) in [6.07, 6.45) is 4.54. The largest absolute Gasteiger partial charge is 0.357 e. The molecule has 120 valence electrons. The Hall–Kier alpha value is -1.09. The molecule has 0 aliphatic rings. The summed E-state index contributed by atoms with van der Waals surface area (Å²) in [5.41, 5.74) is 2.59. The summed E-state index contributed by atoms with van der Waals surface area (Å²) in [5.74, 6) is 1.16. The number of hydrogen-bond acceptors (Lipinski definition) is 3. The van der Waals surface area contributed by atoms with Gasteiger partial charge in [0, 0.05) is 31.4 Å². The molecule has 1 aromatic rings. The van der Waals surface area contributed by atoms with Crippen molar-refractivity contribution in [1.82, 2.24) is 10.3 Å². The number of nitrogens with one attached hydrogen (secondary N) is 1. The fraction of sp³-hybridized carbons (Fsp3) is 0.722. The van der Waals surface area contributed by atoms with Gasteiger partial charge in [-0.3, -0.25) is 0 Å². The van der Waals surface area contributed by atoms with Crippen LogP contribution in [0.3, 0.4) is 0 Å². The van der Waals surface area contributed by atoms with E-state index >= 15 is 0 Å². The molecule has 0 aromatic carbocycles. The van der Waals surface area contributed by atoms with Crippen molar-refractivity contribution in [2.75, 3.05) is 18.0 Å². The van der Waals surface area contributed by atoms with E-state index in [0.717, 1.165) is 38.3 Å². The van der Waals surface area contributed by atoms with E-state index in [1.165, 1.54) is 24.1 Å². The SMILES string of the molecule is CCCc1cc(CNC(C)C)cc(N(CCC)CCC)n1. The number of hydrogen-bond donors (Lipinski definition) is 1. The average molecular weight is 291 g/mol. The van der Waals surface area contributed by atoms with Gasteiger partial charge in [0.25, 0.3) is 0 Å². The average Bonchev–Trinajstić information content (AvgIpc) is 2.45. The monoisotopic (exact) mass is 291 g/mol. The molecule has 0 aliphatic heterocycles. The predicted octanol–water partition coefficient (Wildman–Crippen LogP) is 4.16. The fourth-order valence-electron chi connectivity index (χ4n) is 2.48. The Morgan fingerprint density at radius 3 is 2.24 bits per heavy atom. The summed E-state index contributed by atoms with van der Waals surface area (Å²) >= 11 is 0. The van der Waals surface area contributed by atoms with Gasteiger partial charge in [-0.05, 0) is 37.0 Å². The lowest BCUT2D eigenvalue weighted by molar-refractivity contribution is 0.587. The lowest BCUT2D eigenvalue weighted by atomic mass is 10.1. The first-order chi connectivity index (χ1) is 10.1. The summed E-state index contributed by atoms with van der Waals surface area (Å²) in [7, 11) is 0. The van der Waals surface area contributed by atoms with Gasteiger partial charge < -0.3 is 10.2 Å². The third-order valence-electron chi connectivity index (χ3n) is 3.46. The highest BCUT2D eigenvalue weighted by atomic mass is 15.2. The zero-order valence-corrected chi connectivity index (χ0v) is 14.6. The lowest BCUT2D eigenvalue weighted by Gasteiger charge is -2.24. The molecule has 1 heterocycles. The fourth-order valence-corrected chi connectivity index (χ4v) is 2.48. The van der Waals surface area contributed by atoms with E-state index in [1.807, 2.05) is 0 Å². The highest BCUT2D eigenvalue weighted by Crippen LogP contribution is 2.17. The molecule has 0 spiro atoms. The molecule has 0 atom stereocenters. The first kappa shape index (κ1) is 18.0. The predicted molar refractivity (Wildman–Crippen MR) is 93.0 cm³/mol. The van der Waals surface area contributed by atoms with Crippen LogP contribution in [0.15, 0.2) is 12.1 Å². The second-order valence-electron chi connectivity index (χ2n) is 6.10. The summed E-state index contributed by atoms with van der Waals surface area (Å²) in [4.78, 5) is 7.31. The summed E-state index contributed by atoms with van der Waals surface area (Å²) in [6, 6.07) is 5.04. The second kappa shape index (κ2) is 9.78. The van der Waals surface area contributed by atoms with Gasteiger partial charge in [0.1, 0.15) is 5.82 Å². The van der Waals surface area contributed by atoms with Crippen LogP contribution >= 0.6 is 0 Å². The normalized spacial score (nSPS) is 11.1. The minimum atomic E-state index is 0.513. The van der Waals surface area contributed by atoms with Gasteiger partial charge in [-0.25, -0.2) is 4.98 Å². The molecule has 1 rings (SSSR count). The summed E-state index contributed by atoms with van der Waals surface area (Å²) in [5, 5.41) is 3.51. The highest BCUT2D eigenvalue weighted by Gasteiger charge is 2.09. The number of anilines is 1. The van der Waals surface area contributed by atoms with Gasteiger partial charge >= 0.3 is 0 Å². The number of aryl methyl sites for hydroxylation is 1. The molecule has 0 amide bonds. The third-order valence-corrected chi connectivity index (χ3v) is 3.46. The van der Waals surface area contributed by atoms with E-state index in [0.29, 0.717) is 6.04 Å². The Kier molecular flexibility index (Phi) is 8.36. The van der Waals surface area contributed by atoms with Crippen molar-refractivity contribution in [3.8, 4) is 0 Å². The van der Waals surface area contributed by atoms with E-state index in [9.17, 15) is 0 Å². The van der Waals surface area contributed by atoms with Crippen molar-refractivity contribution in [2.45, 2.75) is 72.9 Å². The van der Waals surface area contributed by atoms with Crippen LogP contribution < -0.4 is 10.2 Å². The van der Waals surface area contributed by atoms with Crippen molar-refractivity contribution in [3.05, 3.63) is 23.4 Å². The zero-order valence-electron chi connectivity index (χ0n) is 14.6. The minimum absolute atomic E-state index is 0.513. The van der Waals surface area contributed by atoms with E-state index in [4.69, 9.17) is 4.98 Å². The standard InChI is InChI=1S/C18H33N3/c1-6-9-17-12-16(14-19-15(4)5)13-18(20-17)21(10-7-2)11-8-3/h12-13,15,19H,6-11,14H2,1-5H3. The Morgan fingerprint density at radius 2 is 1.71 bits per heavy atom. The van der Waals surface area contributed by atoms with Crippen LogP contribution in [0.5, 0.6) is 0 Å². The smallest absolute Gasteiger partial charge is 0.129 e. The number of aromatic nitrogens is 1. The van der Waals surface area contributed by atoms with Crippen molar-refractivity contribution < 1.29 is 0 Å². The molecule has 0 fully saturated rings. The maximum Gasteiger partial charge on any atom is 0.129 e. The molecular weight excluding hydrogens is 258 g/mol. The Balaban J connectivity index is 2.98. The zero-order chi connectivity index (χ0) is 15.7.